The van der Waals surface area contributed by atoms with Crippen molar-refractivity contribution in [2.45, 2.75) is 27.7 Å². The van der Waals surface area contributed by atoms with Crippen LogP contribution in [0.5, 0.6) is 11.5 Å². The van der Waals surface area contributed by atoms with Gasteiger partial charge in [-0.25, -0.2) is 0 Å². The maximum absolute atomic E-state index is 13.1. The molecule has 0 unspecified atom stereocenters. The minimum absolute atomic E-state index is 0.0235. The summed E-state index contributed by atoms with van der Waals surface area (Å²) in [6.07, 6.45) is 0. The second-order valence-electron chi connectivity index (χ2n) is 8.46. The van der Waals surface area contributed by atoms with Crippen LogP contribution in [-0.4, -0.2) is 32.1 Å². The summed E-state index contributed by atoms with van der Waals surface area (Å²) in [6, 6.07) is 10.2. The molecular formula is C23H27ClN2O4. The zero-order chi connectivity index (χ0) is 22.1. The molecule has 30 heavy (non-hydrogen) atoms. The minimum Gasteiger partial charge on any atom is -0.496 e. The number of hydrogen-bond acceptors (Lipinski definition) is 4. The van der Waals surface area contributed by atoms with Gasteiger partial charge in [-0.15, -0.1) is 0 Å². The van der Waals surface area contributed by atoms with E-state index in [0.717, 1.165) is 0 Å². The topological polar surface area (TPSA) is 67.9 Å². The van der Waals surface area contributed by atoms with Crippen molar-refractivity contribution in [2.75, 3.05) is 30.5 Å². The first-order chi connectivity index (χ1) is 14.1. The maximum Gasteiger partial charge on any atom is 0.259 e. The Bertz CT molecular complexity index is 972. The van der Waals surface area contributed by atoms with Gasteiger partial charge in [0, 0.05) is 23.3 Å². The largest absolute Gasteiger partial charge is 0.496 e. The van der Waals surface area contributed by atoms with E-state index < -0.39 is 5.41 Å². The molecule has 1 aliphatic rings. The first-order valence-corrected chi connectivity index (χ1v) is 10.2. The lowest BCUT2D eigenvalue weighted by Gasteiger charge is -2.29. The third kappa shape index (κ3) is 4.54. The zero-order valence-corrected chi connectivity index (χ0v) is 18.7. The number of carbonyl (C=O) groups is 2. The lowest BCUT2D eigenvalue weighted by molar-refractivity contribution is -0.127. The average Bonchev–Trinajstić information content (AvgIpc) is 2.78. The Hall–Kier alpha value is -2.73. The highest BCUT2D eigenvalue weighted by Crippen LogP contribution is 2.38. The normalized spacial score (nSPS) is 15.3. The van der Waals surface area contributed by atoms with Crippen molar-refractivity contribution in [1.82, 2.24) is 0 Å². The van der Waals surface area contributed by atoms with Crippen molar-refractivity contribution in [2.24, 2.45) is 11.3 Å². The average molecular weight is 431 g/mol. The van der Waals surface area contributed by atoms with E-state index in [4.69, 9.17) is 21.1 Å². The fourth-order valence-electron chi connectivity index (χ4n) is 3.33. The van der Waals surface area contributed by atoms with E-state index in [2.05, 4.69) is 19.2 Å². The molecule has 0 bridgehead atoms. The molecule has 160 valence electrons. The molecule has 6 nitrogen and oxygen atoms in total. The van der Waals surface area contributed by atoms with Crippen LogP contribution in [0.15, 0.2) is 36.4 Å². The van der Waals surface area contributed by atoms with Crippen molar-refractivity contribution in [3.63, 3.8) is 0 Å². The number of hydrogen-bond donors (Lipinski definition) is 1. The highest BCUT2D eigenvalue weighted by atomic mass is 35.5. The number of halogens is 1. The van der Waals surface area contributed by atoms with Gasteiger partial charge >= 0.3 is 0 Å². The van der Waals surface area contributed by atoms with Gasteiger partial charge in [-0.3, -0.25) is 9.59 Å². The number of nitrogens with one attached hydrogen (secondary N) is 1. The Labute approximate surface area is 182 Å². The molecule has 2 aromatic carbocycles. The van der Waals surface area contributed by atoms with Gasteiger partial charge in [-0.1, -0.05) is 25.4 Å². The van der Waals surface area contributed by atoms with E-state index >= 15 is 0 Å². The first kappa shape index (κ1) is 22.0. The lowest BCUT2D eigenvalue weighted by atomic mass is 9.92. The second-order valence-corrected chi connectivity index (χ2v) is 8.90. The smallest absolute Gasteiger partial charge is 0.259 e. The molecule has 0 aromatic heterocycles. The highest BCUT2D eigenvalue weighted by Gasteiger charge is 2.38. The fourth-order valence-corrected chi connectivity index (χ4v) is 3.50. The van der Waals surface area contributed by atoms with Crippen LogP contribution in [0.4, 0.5) is 11.4 Å². The fraction of sp³-hybridized carbons (Fsp3) is 0.391. The van der Waals surface area contributed by atoms with Crippen LogP contribution in [0.1, 0.15) is 38.1 Å². The number of ether oxygens (including phenoxy) is 2. The summed E-state index contributed by atoms with van der Waals surface area (Å²) < 4.78 is 11.2. The van der Waals surface area contributed by atoms with Crippen LogP contribution in [0, 0.1) is 11.3 Å². The minimum atomic E-state index is -0.647. The Morgan fingerprint density at radius 2 is 2.00 bits per heavy atom. The summed E-state index contributed by atoms with van der Waals surface area (Å²) in [5, 5.41) is 3.30. The SMILES string of the molecule is COc1ccc(Cl)cc1C(=O)Nc1ccc2c(c1)OCC(C)(C)C(=O)N2CC(C)C. The van der Waals surface area contributed by atoms with E-state index in [-0.39, 0.29) is 18.4 Å². The summed E-state index contributed by atoms with van der Waals surface area (Å²) in [5.74, 6) is 0.961. The van der Waals surface area contributed by atoms with E-state index in [1.165, 1.54) is 7.11 Å². The van der Waals surface area contributed by atoms with Gasteiger partial charge in [-0.05, 0) is 50.1 Å². The van der Waals surface area contributed by atoms with Gasteiger partial charge in [-0.2, -0.15) is 0 Å². The molecule has 0 spiro atoms. The maximum atomic E-state index is 13.1. The van der Waals surface area contributed by atoms with Crippen LogP contribution >= 0.6 is 11.6 Å². The lowest BCUT2D eigenvalue weighted by Crippen LogP contribution is -2.43. The Kier molecular flexibility index (Phi) is 6.27. The molecular weight excluding hydrogens is 404 g/mol. The summed E-state index contributed by atoms with van der Waals surface area (Å²) in [6.45, 7) is 8.74. The van der Waals surface area contributed by atoms with Crippen LogP contribution in [0.2, 0.25) is 5.02 Å². The number of nitrogens with zero attached hydrogens (tertiary/aromatic N) is 1. The van der Waals surface area contributed by atoms with Gasteiger partial charge < -0.3 is 19.7 Å². The number of methoxy groups -OCH3 is 1. The summed E-state index contributed by atoms with van der Waals surface area (Å²) in [7, 11) is 1.50. The van der Waals surface area contributed by atoms with Gasteiger partial charge in [0.15, 0.2) is 0 Å². The Balaban J connectivity index is 1.92. The molecule has 1 aliphatic heterocycles. The van der Waals surface area contributed by atoms with Crippen molar-refractivity contribution >= 4 is 34.8 Å². The van der Waals surface area contributed by atoms with Crippen molar-refractivity contribution in [3.05, 3.63) is 47.0 Å². The summed E-state index contributed by atoms with van der Waals surface area (Å²) >= 11 is 6.04. The van der Waals surface area contributed by atoms with Crippen LogP contribution < -0.4 is 19.7 Å². The molecule has 2 amide bonds. The molecule has 1 N–H and O–H groups in total. The molecule has 7 heteroatoms. The predicted octanol–water partition coefficient (Wildman–Crippen LogP) is 5.01. The molecule has 0 radical (unpaired) electrons. The highest BCUT2D eigenvalue weighted by molar-refractivity contribution is 6.31. The van der Waals surface area contributed by atoms with Crippen LogP contribution in [-0.2, 0) is 4.79 Å². The van der Waals surface area contributed by atoms with Crippen molar-refractivity contribution in [3.8, 4) is 11.5 Å². The molecule has 0 aliphatic carbocycles. The van der Waals surface area contributed by atoms with Gasteiger partial charge in [0.1, 0.15) is 18.1 Å². The first-order valence-electron chi connectivity index (χ1n) is 9.86. The van der Waals surface area contributed by atoms with Gasteiger partial charge in [0.2, 0.25) is 5.91 Å². The molecule has 2 aromatic rings. The molecule has 0 atom stereocenters. The number of carbonyl (C=O) groups excluding carboxylic acids is 2. The summed E-state index contributed by atoms with van der Waals surface area (Å²) in [4.78, 5) is 27.6. The Morgan fingerprint density at radius 3 is 2.67 bits per heavy atom. The number of rotatable bonds is 5. The third-order valence-electron chi connectivity index (χ3n) is 4.87. The molecule has 1 heterocycles. The standard InChI is InChI=1S/C23H27ClN2O4/c1-14(2)12-26-18-8-7-16(11-20(18)30-13-23(3,4)22(26)28)25-21(27)17-10-15(24)6-9-19(17)29-5/h6-11,14H,12-13H2,1-5H3,(H,25,27). The number of fused-ring (bicyclic) bond motifs is 1. The van der Waals surface area contributed by atoms with E-state index in [9.17, 15) is 9.59 Å². The second kappa shape index (κ2) is 8.56. The molecule has 3 rings (SSSR count). The van der Waals surface area contributed by atoms with E-state index in [0.29, 0.717) is 45.9 Å². The van der Waals surface area contributed by atoms with Crippen molar-refractivity contribution < 1.29 is 19.1 Å². The molecule has 0 fully saturated rings. The quantitative estimate of drug-likeness (QED) is 0.724. The number of amides is 2. The summed E-state index contributed by atoms with van der Waals surface area (Å²) in [5.41, 5.74) is 0.944. The van der Waals surface area contributed by atoms with Gasteiger partial charge in [0.05, 0.1) is 23.8 Å². The molecule has 0 saturated carbocycles. The number of anilines is 2. The predicted molar refractivity (Wildman–Crippen MR) is 119 cm³/mol. The molecule has 0 saturated heterocycles. The van der Waals surface area contributed by atoms with E-state index in [1.54, 1.807) is 35.2 Å². The van der Waals surface area contributed by atoms with E-state index in [1.807, 2.05) is 19.9 Å². The third-order valence-corrected chi connectivity index (χ3v) is 5.11. The van der Waals surface area contributed by atoms with Crippen LogP contribution in [0.3, 0.4) is 0 Å². The monoisotopic (exact) mass is 430 g/mol. The van der Waals surface area contributed by atoms with Crippen LogP contribution in [0.25, 0.3) is 0 Å². The Morgan fingerprint density at radius 1 is 1.27 bits per heavy atom. The number of benzene rings is 2. The zero-order valence-electron chi connectivity index (χ0n) is 17.9. The van der Waals surface area contributed by atoms with Crippen molar-refractivity contribution in [1.29, 1.82) is 0 Å². The van der Waals surface area contributed by atoms with Gasteiger partial charge in [0.25, 0.3) is 5.91 Å².